The molecule has 0 aromatic heterocycles. The number of aryl methyl sites for hydroxylation is 1. The SMILES string of the molecule is CNC(CCC(C)N)c1ccc(C)c(C)c1C. The van der Waals surface area contributed by atoms with Crippen LogP contribution in [0.4, 0.5) is 0 Å². The van der Waals surface area contributed by atoms with E-state index >= 15 is 0 Å². The highest BCUT2D eigenvalue weighted by atomic mass is 14.9. The van der Waals surface area contributed by atoms with Crippen molar-refractivity contribution in [2.75, 3.05) is 7.05 Å². The molecule has 0 radical (unpaired) electrons. The molecule has 0 saturated carbocycles. The van der Waals surface area contributed by atoms with Gasteiger partial charge in [0.15, 0.2) is 0 Å². The lowest BCUT2D eigenvalue weighted by molar-refractivity contribution is 0.494. The Morgan fingerprint density at radius 2 is 1.76 bits per heavy atom. The van der Waals surface area contributed by atoms with Crippen molar-refractivity contribution in [1.82, 2.24) is 5.32 Å². The van der Waals surface area contributed by atoms with Gasteiger partial charge in [0.05, 0.1) is 0 Å². The highest BCUT2D eigenvalue weighted by Crippen LogP contribution is 2.26. The molecule has 96 valence electrons. The van der Waals surface area contributed by atoms with Gasteiger partial charge in [0, 0.05) is 12.1 Å². The third kappa shape index (κ3) is 3.55. The van der Waals surface area contributed by atoms with E-state index in [1.54, 1.807) is 0 Å². The highest BCUT2D eigenvalue weighted by Gasteiger charge is 2.14. The molecule has 0 aliphatic heterocycles. The van der Waals surface area contributed by atoms with Crippen LogP contribution in [0.3, 0.4) is 0 Å². The van der Waals surface area contributed by atoms with E-state index < -0.39 is 0 Å². The van der Waals surface area contributed by atoms with Gasteiger partial charge >= 0.3 is 0 Å². The number of benzene rings is 1. The molecule has 17 heavy (non-hydrogen) atoms. The largest absolute Gasteiger partial charge is 0.328 e. The van der Waals surface area contributed by atoms with Gasteiger partial charge in [-0.25, -0.2) is 0 Å². The second kappa shape index (κ2) is 6.18. The molecular formula is C15H26N2. The summed E-state index contributed by atoms with van der Waals surface area (Å²) in [4.78, 5) is 0. The Hall–Kier alpha value is -0.860. The molecular weight excluding hydrogens is 208 g/mol. The summed E-state index contributed by atoms with van der Waals surface area (Å²) < 4.78 is 0. The Balaban J connectivity index is 2.92. The molecule has 0 saturated heterocycles. The number of hydrogen-bond donors (Lipinski definition) is 2. The molecule has 0 amide bonds. The smallest absolute Gasteiger partial charge is 0.0320 e. The predicted octanol–water partition coefficient (Wildman–Crippen LogP) is 3.00. The maximum Gasteiger partial charge on any atom is 0.0320 e. The van der Waals surface area contributed by atoms with Gasteiger partial charge in [-0.05, 0) is 69.8 Å². The second-order valence-corrected chi connectivity index (χ2v) is 5.12. The molecule has 3 N–H and O–H groups in total. The Morgan fingerprint density at radius 3 is 2.29 bits per heavy atom. The third-order valence-electron chi connectivity index (χ3n) is 3.73. The summed E-state index contributed by atoms with van der Waals surface area (Å²) in [5.41, 5.74) is 11.4. The lowest BCUT2D eigenvalue weighted by atomic mass is 9.91. The van der Waals surface area contributed by atoms with Crippen molar-refractivity contribution in [2.45, 2.75) is 52.6 Å². The van der Waals surface area contributed by atoms with E-state index in [9.17, 15) is 0 Å². The Kier molecular flexibility index (Phi) is 5.16. The van der Waals surface area contributed by atoms with Gasteiger partial charge < -0.3 is 11.1 Å². The lowest BCUT2D eigenvalue weighted by Gasteiger charge is -2.21. The van der Waals surface area contributed by atoms with Crippen molar-refractivity contribution < 1.29 is 0 Å². The minimum Gasteiger partial charge on any atom is -0.328 e. The maximum absolute atomic E-state index is 5.84. The molecule has 2 heteroatoms. The molecule has 1 rings (SSSR count). The van der Waals surface area contributed by atoms with Crippen LogP contribution in [-0.4, -0.2) is 13.1 Å². The third-order valence-corrected chi connectivity index (χ3v) is 3.73. The minimum atomic E-state index is 0.276. The minimum absolute atomic E-state index is 0.276. The summed E-state index contributed by atoms with van der Waals surface area (Å²) >= 11 is 0. The first-order valence-electron chi connectivity index (χ1n) is 6.47. The van der Waals surface area contributed by atoms with Gasteiger partial charge in [0.25, 0.3) is 0 Å². The van der Waals surface area contributed by atoms with Crippen molar-refractivity contribution in [1.29, 1.82) is 0 Å². The van der Waals surface area contributed by atoms with Crippen LogP contribution in [0.5, 0.6) is 0 Å². The highest BCUT2D eigenvalue weighted by molar-refractivity contribution is 5.40. The van der Waals surface area contributed by atoms with E-state index in [1.165, 1.54) is 22.3 Å². The van der Waals surface area contributed by atoms with Gasteiger partial charge in [0.1, 0.15) is 0 Å². The van der Waals surface area contributed by atoms with Crippen molar-refractivity contribution in [3.8, 4) is 0 Å². The van der Waals surface area contributed by atoms with Crippen LogP contribution in [-0.2, 0) is 0 Å². The van der Waals surface area contributed by atoms with Crippen LogP contribution >= 0.6 is 0 Å². The number of nitrogens with two attached hydrogens (primary N) is 1. The predicted molar refractivity (Wildman–Crippen MR) is 75.3 cm³/mol. The zero-order valence-corrected chi connectivity index (χ0v) is 11.8. The van der Waals surface area contributed by atoms with E-state index in [-0.39, 0.29) is 6.04 Å². The molecule has 1 aromatic rings. The molecule has 0 fully saturated rings. The first kappa shape index (κ1) is 14.2. The van der Waals surface area contributed by atoms with Crippen LogP contribution in [0.1, 0.15) is 48.1 Å². The van der Waals surface area contributed by atoms with Crippen molar-refractivity contribution in [3.63, 3.8) is 0 Å². The van der Waals surface area contributed by atoms with Crippen LogP contribution in [0.2, 0.25) is 0 Å². The summed E-state index contributed by atoms with van der Waals surface area (Å²) in [6.07, 6.45) is 2.15. The first-order chi connectivity index (χ1) is 7.97. The summed E-state index contributed by atoms with van der Waals surface area (Å²) in [6, 6.07) is 5.16. The molecule has 0 spiro atoms. The zero-order valence-electron chi connectivity index (χ0n) is 11.8. The van der Waals surface area contributed by atoms with E-state index in [4.69, 9.17) is 5.73 Å². The summed E-state index contributed by atoms with van der Waals surface area (Å²) in [6.45, 7) is 8.66. The fourth-order valence-electron chi connectivity index (χ4n) is 2.24. The van der Waals surface area contributed by atoms with E-state index in [2.05, 4.69) is 45.1 Å². The molecule has 2 nitrogen and oxygen atoms in total. The summed E-state index contributed by atoms with van der Waals surface area (Å²) in [7, 11) is 2.03. The first-order valence-corrected chi connectivity index (χ1v) is 6.47. The topological polar surface area (TPSA) is 38.0 Å². The van der Waals surface area contributed by atoms with Gasteiger partial charge in [-0.15, -0.1) is 0 Å². The Morgan fingerprint density at radius 1 is 1.12 bits per heavy atom. The average Bonchev–Trinajstić information content (AvgIpc) is 2.29. The number of hydrogen-bond acceptors (Lipinski definition) is 2. The van der Waals surface area contributed by atoms with Gasteiger partial charge in [-0.1, -0.05) is 12.1 Å². The fourth-order valence-corrected chi connectivity index (χ4v) is 2.24. The van der Waals surface area contributed by atoms with Gasteiger partial charge in [-0.2, -0.15) is 0 Å². The summed E-state index contributed by atoms with van der Waals surface area (Å²) in [5.74, 6) is 0. The number of rotatable bonds is 5. The molecule has 0 aliphatic rings. The zero-order chi connectivity index (χ0) is 13.0. The van der Waals surface area contributed by atoms with Gasteiger partial charge in [-0.3, -0.25) is 0 Å². The Bertz CT molecular complexity index is 369. The van der Waals surface area contributed by atoms with Crippen LogP contribution in [0.15, 0.2) is 12.1 Å². The fraction of sp³-hybridized carbons (Fsp3) is 0.600. The molecule has 0 aliphatic carbocycles. The monoisotopic (exact) mass is 234 g/mol. The summed E-state index contributed by atoms with van der Waals surface area (Å²) in [5, 5.41) is 3.41. The standard InChI is InChI=1S/C15H26N2/c1-10-6-8-14(13(4)12(10)3)15(17-5)9-7-11(2)16/h6,8,11,15,17H,7,9,16H2,1-5H3. The van der Waals surface area contributed by atoms with Crippen LogP contribution < -0.4 is 11.1 Å². The second-order valence-electron chi connectivity index (χ2n) is 5.12. The molecule has 2 unspecified atom stereocenters. The quantitative estimate of drug-likeness (QED) is 0.822. The van der Waals surface area contributed by atoms with E-state index in [1.807, 2.05) is 7.05 Å². The van der Waals surface area contributed by atoms with Crippen molar-refractivity contribution in [2.24, 2.45) is 5.73 Å². The molecule has 2 atom stereocenters. The maximum atomic E-state index is 5.84. The molecule has 0 bridgehead atoms. The molecule has 0 heterocycles. The van der Waals surface area contributed by atoms with Crippen LogP contribution in [0, 0.1) is 20.8 Å². The van der Waals surface area contributed by atoms with Crippen molar-refractivity contribution >= 4 is 0 Å². The van der Waals surface area contributed by atoms with Crippen molar-refractivity contribution in [3.05, 3.63) is 34.4 Å². The molecule has 1 aromatic carbocycles. The van der Waals surface area contributed by atoms with E-state index in [0.29, 0.717) is 6.04 Å². The van der Waals surface area contributed by atoms with Gasteiger partial charge in [0.2, 0.25) is 0 Å². The average molecular weight is 234 g/mol. The van der Waals surface area contributed by atoms with E-state index in [0.717, 1.165) is 12.8 Å². The Labute approximate surface area is 106 Å². The lowest BCUT2D eigenvalue weighted by Crippen LogP contribution is -2.22. The number of nitrogens with one attached hydrogen (secondary N) is 1. The normalized spacial score (nSPS) is 14.7. The van der Waals surface area contributed by atoms with Crippen LogP contribution in [0.25, 0.3) is 0 Å².